The molecular formula is C17H18N4O5. The van der Waals surface area contributed by atoms with Crippen LogP contribution in [0.4, 0.5) is 5.69 Å². The van der Waals surface area contributed by atoms with Gasteiger partial charge in [-0.25, -0.2) is 4.79 Å². The Morgan fingerprint density at radius 2 is 1.81 bits per heavy atom. The number of aryl methyl sites for hydroxylation is 2. The van der Waals surface area contributed by atoms with Crippen LogP contribution < -0.4 is 11.2 Å². The van der Waals surface area contributed by atoms with Crippen LogP contribution >= 0.6 is 0 Å². The normalized spacial score (nSPS) is 11.1. The van der Waals surface area contributed by atoms with Gasteiger partial charge in [-0.3, -0.25) is 24.0 Å². The van der Waals surface area contributed by atoms with Gasteiger partial charge in [-0.1, -0.05) is 0 Å². The van der Waals surface area contributed by atoms with Gasteiger partial charge < -0.3 is 9.30 Å². The lowest BCUT2D eigenvalue weighted by Crippen LogP contribution is -2.41. The number of ether oxygens (including phenoxy) is 1. The van der Waals surface area contributed by atoms with Crippen molar-refractivity contribution >= 4 is 16.6 Å². The van der Waals surface area contributed by atoms with Gasteiger partial charge in [-0.15, -0.1) is 0 Å². The molecule has 1 aromatic carbocycles. The first-order valence-corrected chi connectivity index (χ1v) is 8.04. The van der Waals surface area contributed by atoms with Crippen LogP contribution in [0.1, 0.15) is 0 Å². The second-order valence-corrected chi connectivity index (χ2v) is 5.76. The van der Waals surface area contributed by atoms with Gasteiger partial charge in [0, 0.05) is 44.7 Å². The number of aromatic nitrogens is 3. The first-order valence-electron chi connectivity index (χ1n) is 8.04. The molecule has 0 aliphatic rings. The van der Waals surface area contributed by atoms with E-state index in [0.717, 1.165) is 4.57 Å². The highest BCUT2D eigenvalue weighted by Crippen LogP contribution is 2.17. The SMILES string of the molecule is COCCn1c(=O)c2cc([N+](=O)[O-])ccc2n(CCn2cccc2)c1=O. The third-order valence-electron chi connectivity index (χ3n) is 4.19. The van der Waals surface area contributed by atoms with Crippen LogP contribution in [0.5, 0.6) is 0 Å². The number of benzene rings is 1. The molecule has 0 saturated heterocycles. The minimum Gasteiger partial charge on any atom is -0.383 e. The van der Waals surface area contributed by atoms with Crippen LogP contribution in [0.15, 0.2) is 52.3 Å². The second-order valence-electron chi connectivity index (χ2n) is 5.76. The summed E-state index contributed by atoms with van der Waals surface area (Å²) in [6.45, 7) is 1.13. The first kappa shape index (κ1) is 17.6. The lowest BCUT2D eigenvalue weighted by molar-refractivity contribution is -0.384. The molecule has 9 heteroatoms. The van der Waals surface area contributed by atoms with Crippen LogP contribution in [0.3, 0.4) is 0 Å². The summed E-state index contributed by atoms with van der Waals surface area (Å²) >= 11 is 0. The summed E-state index contributed by atoms with van der Waals surface area (Å²) in [4.78, 5) is 36.0. The highest BCUT2D eigenvalue weighted by Gasteiger charge is 2.16. The summed E-state index contributed by atoms with van der Waals surface area (Å²) < 4.78 is 9.41. The zero-order valence-corrected chi connectivity index (χ0v) is 14.2. The summed E-state index contributed by atoms with van der Waals surface area (Å²) in [7, 11) is 1.47. The predicted molar refractivity (Wildman–Crippen MR) is 95.4 cm³/mol. The van der Waals surface area contributed by atoms with E-state index >= 15 is 0 Å². The van der Waals surface area contributed by atoms with E-state index in [1.807, 2.05) is 29.1 Å². The molecular weight excluding hydrogens is 340 g/mol. The number of fused-ring (bicyclic) bond motifs is 1. The fourth-order valence-corrected chi connectivity index (χ4v) is 2.86. The van der Waals surface area contributed by atoms with Crippen LogP contribution in [0, 0.1) is 10.1 Å². The van der Waals surface area contributed by atoms with Crippen molar-refractivity contribution in [2.75, 3.05) is 13.7 Å². The van der Waals surface area contributed by atoms with E-state index in [0.29, 0.717) is 18.6 Å². The molecule has 0 fully saturated rings. The molecule has 136 valence electrons. The number of nitro groups is 1. The van der Waals surface area contributed by atoms with Gasteiger partial charge >= 0.3 is 5.69 Å². The Morgan fingerprint density at radius 1 is 1.08 bits per heavy atom. The van der Waals surface area contributed by atoms with E-state index in [9.17, 15) is 19.7 Å². The number of hydrogen-bond acceptors (Lipinski definition) is 5. The molecule has 26 heavy (non-hydrogen) atoms. The Bertz CT molecular complexity index is 1050. The van der Waals surface area contributed by atoms with E-state index in [2.05, 4.69) is 0 Å². The van der Waals surface area contributed by atoms with Crippen molar-refractivity contribution in [1.82, 2.24) is 13.7 Å². The Morgan fingerprint density at radius 3 is 2.46 bits per heavy atom. The topological polar surface area (TPSA) is 101 Å². The van der Waals surface area contributed by atoms with Gasteiger partial charge in [0.05, 0.1) is 29.0 Å². The molecule has 0 saturated carbocycles. The van der Waals surface area contributed by atoms with Crippen LogP contribution in [0.2, 0.25) is 0 Å². The number of hydrogen-bond donors (Lipinski definition) is 0. The van der Waals surface area contributed by atoms with Crippen LogP contribution in [-0.2, 0) is 24.4 Å². The summed E-state index contributed by atoms with van der Waals surface area (Å²) in [5.74, 6) is 0. The maximum absolute atomic E-state index is 12.8. The highest BCUT2D eigenvalue weighted by atomic mass is 16.6. The van der Waals surface area contributed by atoms with Crippen molar-refractivity contribution in [3.8, 4) is 0 Å². The summed E-state index contributed by atoms with van der Waals surface area (Å²) in [5, 5.41) is 11.2. The number of nitrogens with zero attached hydrogens (tertiary/aromatic N) is 4. The zero-order valence-electron chi connectivity index (χ0n) is 14.2. The molecule has 2 heterocycles. The fraction of sp³-hybridized carbons (Fsp3) is 0.294. The molecule has 0 unspecified atom stereocenters. The molecule has 0 radical (unpaired) electrons. The Labute approximate surface area is 147 Å². The quantitative estimate of drug-likeness (QED) is 0.467. The molecule has 3 aromatic rings. The largest absolute Gasteiger partial charge is 0.383 e. The molecule has 0 amide bonds. The predicted octanol–water partition coefficient (Wildman–Crippen LogP) is 1.22. The van der Waals surface area contributed by atoms with Crippen LogP contribution in [0.25, 0.3) is 10.9 Å². The standard InChI is InChI=1S/C17H18N4O5/c1-26-11-10-20-16(22)14-12-13(21(24)25)4-5-15(14)19(17(20)23)9-8-18-6-2-3-7-18/h2-7,12H,8-11H2,1H3. The van der Waals surface area contributed by atoms with Crippen LogP contribution in [-0.4, -0.2) is 32.3 Å². The lowest BCUT2D eigenvalue weighted by atomic mass is 10.2. The molecule has 2 aromatic heterocycles. The Hall–Kier alpha value is -3.20. The minimum absolute atomic E-state index is 0.0797. The van der Waals surface area contributed by atoms with Gasteiger partial charge in [0.15, 0.2) is 0 Å². The van der Waals surface area contributed by atoms with Gasteiger partial charge in [-0.05, 0) is 18.2 Å². The Kier molecular flexibility index (Phi) is 4.99. The number of nitro benzene ring substituents is 1. The fourth-order valence-electron chi connectivity index (χ4n) is 2.86. The monoisotopic (exact) mass is 358 g/mol. The third-order valence-corrected chi connectivity index (χ3v) is 4.19. The first-order chi connectivity index (χ1) is 12.5. The number of methoxy groups -OCH3 is 1. The van der Waals surface area contributed by atoms with E-state index in [1.165, 1.54) is 29.9 Å². The van der Waals surface area contributed by atoms with E-state index in [1.54, 1.807) is 0 Å². The van der Waals surface area contributed by atoms with E-state index in [4.69, 9.17) is 4.74 Å². The Balaban J connectivity index is 2.17. The van der Waals surface area contributed by atoms with Crippen molar-refractivity contribution in [3.63, 3.8) is 0 Å². The summed E-state index contributed by atoms with van der Waals surface area (Å²) in [6.07, 6.45) is 3.75. The van der Waals surface area contributed by atoms with E-state index < -0.39 is 16.2 Å². The summed E-state index contributed by atoms with van der Waals surface area (Å²) in [6, 6.07) is 7.72. The molecule has 3 rings (SSSR count). The second kappa shape index (κ2) is 7.36. The molecule has 0 aliphatic heterocycles. The van der Waals surface area contributed by atoms with Crippen molar-refractivity contribution in [2.24, 2.45) is 0 Å². The molecule has 0 N–H and O–H groups in total. The minimum atomic E-state index is -0.562. The van der Waals surface area contributed by atoms with Crippen molar-refractivity contribution < 1.29 is 9.66 Å². The molecule has 0 atom stereocenters. The molecule has 0 bridgehead atoms. The van der Waals surface area contributed by atoms with Gasteiger partial charge in [0.25, 0.3) is 11.2 Å². The van der Waals surface area contributed by atoms with Gasteiger partial charge in [0.1, 0.15) is 0 Å². The maximum Gasteiger partial charge on any atom is 0.331 e. The maximum atomic E-state index is 12.8. The van der Waals surface area contributed by atoms with Crippen molar-refractivity contribution in [3.05, 3.63) is 73.7 Å². The number of non-ortho nitro benzene ring substituents is 1. The zero-order chi connectivity index (χ0) is 18.7. The van der Waals surface area contributed by atoms with E-state index in [-0.39, 0.29) is 24.2 Å². The lowest BCUT2D eigenvalue weighted by Gasteiger charge is -2.14. The molecule has 0 aliphatic carbocycles. The average Bonchev–Trinajstić information content (AvgIpc) is 3.14. The average molecular weight is 358 g/mol. The number of rotatable bonds is 7. The van der Waals surface area contributed by atoms with Crippen molar-refractivity contribution in [1.29, 1.82) is 0 Å². The molecule has 0 spiro atoms. The third kappa shape index (κ3) is 3.29. The van der Waals surface area contributed by atoms with Crippen molar-refractivity contribution in [2.45, 2.75) is 19.6 Å². The van der Waals surface area contributed by atoms with Gasteiger partial charge in [-0.2, -0.15) is 0 Å². The molecule has 9 nitrogen and oxygen atoms in total. The smallest absolute Gasteiger partial charge is 0.331 e. The highest BCUT2D eigenvalue weighted by molar-refractivity contribution is 5.80. The van der Waals surface area contributed by atoms with Gasteiger partial charge in [0.2, 0.25) is 0 Å². The summed E-state index contributed by atoms with van der Waals surface area (Å²) in [5.41, 5.74) is -0.821.